The molecular formula is C24H30N4O2. The van der Waals surface area contributed by atoms with Crippen LogP contribution >= 0.6 is 0 Å². The molecule has 3 aromatic rings. The van der Waals surface area contributed by atoms with E-state index in [0.29, 0.717) is 6.04 Å². The number of rotatable bonds is 10. The summed E-state index contributed by atoms with van der Waals surface area (Å²) in [4.78, 5) is 18.3. The first-order valence-corrected chi connectivity index (χ1v) is 10.5. The number of amides is 1. The lowest BCUT2D eigenvalue weighted by Crippen LogP contribution is -2.27. The van der Waals surface area contributed by atoms with Gasteiger partial charge < -0.3 is 9.47 Å². The van der Waals surface area contributed by atoms with Gasteiger partial charge in [-0.2, -0.15) is 0 Å². The topological polar surface area (TPSA) is 70.4 Å². The third-order valence-corrected chi connectivity index (χ3v) is 5.52. The van der Waals surface area contributed by atoms with Gasteiger partial charge in [0.2, 0.25) is 0 Å². The van der Waals surface area contributed by atoms with Gasteiger partial charge in [0.1, 0.15) is 0 Å². The normalized spacial score (nSPS) is 12.7. The second-order valence-electron chi connectivity index (χ2n) is 7.37. The Morgan fingerprint density at radius 3 is 2.67 bits per heavy atom. The largest absolute Gasteiger partial charge is 0.327 e. The molecule has 0 aliphatic heterocycles. The van der Waals surface area contributed by atoms with Gasteiger partial charge in [-0.1, -0.05) is 50.2 Å². The molecule has 0 spiro atoms. The van der Waals surface area contributed by atoms with Crippen LogP contribution in [-0.4, -0.2) is 45.2 Å². The lowest BCUT2D eigenvalue weighted by atomic mass is 10.0. The van der Waals surface area contributed by atoms with Gasteiger partial charge in [0.25, 0.3) is 5.91 Å². The molecule has 2 N–H and O–H groups in total. The molecule has 0 saturated heterocycles. The first-order chi connectivity index (χ1) is 14.6. The van der Waals surface area contributed by atoms with E-state index >= 15 is 0 Å². The SMILES string of the molecule is CCN(CC)CCC(Cc1ccccc1)n1cnc2cc(C=CC(=O)NO)ccc21. The van der Waals surface area contributed by atoms with E-state index in [0.717, 1.165) is 49.1 Å². The van der Waals surface area contributed by atoms with Gasteiger partial charge in [-0.05, 0) is 55.3 Å². The summed E-state index contributed by atoms with van der Waals surface area (Å²) < 4.78 is 2.28. The van der Waals surface area contributed by atoms with Gasteiger partial charge in [-0.25, -0.2) is 10.5 Å². The van der Waals surface area contributed by atoms with Crippen molar-refractivity contribution in [1.82, 2.24) is 19.9 Å². The maximum absolute atomic E-state index is 11.2. The molecule has 0 aliphatic carbocycles. The fourth-order valence-electron chi connectivity index (χ4n) is 3.75. The number of aromatic nitrogens is 2. The Balaban J connectivity index is 1.87. The third-order valence-electron chi connectivity index (χ3n) is 5.52. The molecule has 2 aromatic carbocycles. The van der Waals surface area contributed by atoms with E-state index < -0.39 is 5.91 Å². The van der Waals surface area contributed by atoms with E-state index in [1.165, 1.54) is 11.6 Å². The maximum atomic E-state index is 11.2. The molecule has 1 aromatic heterocycles. The number of carbonyl (C=O) groups excluding carboxylic acids is 1. The van der Waals surface area contributed by atoms with E-state index in [4.69, 9.17) is 5.21 Å². The summed E-state index contributed by atoms with van der Waals surface area (Å²) >= 11 is 0. The zero-order chi connectivity index (χ0) is 21.3. The minimum atomic E-state index is -0.556. The Kier molecular flexibility index (Phi) is 7.76. The minimum Gasteiger partial charge on any atom is -0.327 e. The first kappa shape index (κ1) is 21.7. The summed E-state index contributed by atoms with van der Waals surface area (Å²) in [5.74, 6) is -0.556. The summed E-state index contributed by atoms with van der Waals surface area (Å²) in [5, 5.41) is 8.63. The number of nitrogens with one attached hydrogen (secondary N) is 1. The van der Waals surface area contributed by atoms with E-state index in [9.17, 15) is 4.79 Å². The van der Waals surface area contributed by atoms with Crippen molar-refractivity contribution in [1.29, 1.82) is 0 Å². The van der Waals surface area contributed by atoms with Crippen LogP contribution in [0.3, 0.4) is 0 Å². The summed E-state index contributed by atoms with van der Waals surface area (Å²) in [6.07, 6.45) is 6.87. The Morgan fingerprint density at radius 2 is 1.97 bits per heavy atom. The highest BCUT2D eigenvalue weighted by Crippen LogP contribution is 2.25. The Morgan fingerprint density at radius 1 is 1.20 bits per heavy atom. The van der Waals surface area contributed by atoms with E-state index in [1.807, 2.05) is 30.6 Å². The van der Waals surface area contributed by atoms with Crippen molar-refractivity contribution >= 4 is 23.0 Å². The number of fused-ring (bicyclic) bond motifs is 1. The Labute approximate surface area is 177 Å². The van der Waals surface area contributed by atoms with Gasteiger partial charge in [0, 0.05) is 18.7 Å². The fourth-order valence-corrected chi connectivity index (χ4v) is 3.75. The van der Waals surface area contributed by atoms with Crippen molar-refractivity contribution < 1.29 is 10.0 Å². The van der Waals surface area contributed by atoms with E-state index in [1.54, 1.807) is 11.6 Å². The van der Waals surface area contributed by atoms with Gasteiger partial charge in [-0.3, -0.25) is 10.0 Å². The van der Waals surface area contributed by atoms with E-state index in [2.05, 4.69) is 52.6 Å². The standard InChI is InChI=1S/C24H30N4O2/c1-3-27(4-2)15-14-21(16-19-8-6-5-7-9-19)28-18-25-22-17-20(10-12-23(22)28)11-13-24(29)26-30/h5-13,17-18,21,30H,3-4,14-16H2,1-2H3,(H,26,29). The molecule has 158 valence electrons. The molecule has 1 amide bonds. The first-order valence-electron chi connectivity index (χ1n) is 10.5. The summed E-state index contributed by atoms with van der Waals surface area (Å²) in [5.41, 5.74) is 5.75. The predicted molar refractivity (Wildman–Crippen MR) is 120 cm³/mol. The van der Waals surface area contributed by atoms with Crippen molar-refractivity contribution in [2.24, 2.45) is 0 Å². The average molecular weight is 407 g/mol. The van der Waals surface area contributed by atoms with Crippen molar-refractivity contribution in [3.63, 3.8) is 0 Å². The second kappa shape index (κ2) is 10.7. The van der Waals surface area contributed by atoms with Crippen LogP contribution in [0.2, 0.25) is 0 Å². The zero-order valence-electron chi connectivity index (χ0n) is 17.7. The monoisotopic (exact) mass is 406 g/mol. The molecule has 0 saturated carbocycles. The van der Waals surface area contributed by atoms with Crippen molar-refractivity contribution in [2.45, 2.75) is 32.7 Å². The van der Waals surface area contributed by atoms with Gasteiger partial charge in [-0.15, -0.1) is 0 Å². The van der Waals surface area contributed by atoms with Crippen LogP contribution in [0.15, 0.2) is 60.9 Å². The summed E-state index contributed by atoms with van der Waals surface area (Å²) in [6, 6.07) is 16.9. The molecule has 0 fully saturated rings. The molecule has 3 rings (SSSR count). The molecule has 6 nitrogen and oxygen atoms in total. The minimum absolute atomic E-state index is 0.305. The molecule has 1 atom stereocenters. The van der Waals surface area contributed by atoms with Crippen LogP contribution < -0.4 is 5.48 Å². The van der Waals surface area contributed by atoms with Crippen LogP contribution in [0, 0.1) is 0 Å². The fraction of sp³-hybridized carbons (Fsp3) is 0.333. The summed E-state index contributed by atoms with van der Waals surface area (Å²) in [7, 11) is 0. The lowest BCUT2D eigenvalue weighted by molar-refractivity contribution is -0.124. The second-order valence-corrected chi connectivity index (χ2v) is 7.37. The van der Waals surface area contributed by atoms with Gasteiger partial charge >= 0.3 is 0 Å². The van der Waals surface area contributed by atoms with Gasteiger partial charge in [0.05, 0.1) is 17.4 Å². The average Bonchev–Trinajstić information content (AvgIpc) is 3.21. The quantitative estimate of drug-likeness (QED) is 0.302. The number of hydrogen-bond acceptors (Lipinski definition) is 4. The van der Waals surface area contributed by atoms with E-state index in [-0.39, 0.29) is 0 Å². The van der Waals surface area contributed by atoms with Crippen LogP contribution in [0.1, 0.15) is 37.4 Å². The number of hydrogen-bond donors (Lipinski definition) is 2. The molecule has 0 bridgehead atoms. The molecule has 0 radical (unpaired) electrons. The van der Waals surface area contributed by atoms with Crippen molar-refractivity contribution in [2.75, 3.05) is 19.6 Å². The molecule has 1 heterocycles. The number of carbonyl (C=O) groups is 1. The number of hydroxylamine groups is 1. The Hall–Kier alpha value is -2.96. The number of benzene rings is 2. The smallest absolute Gasteiger partial charge is 0.267 e. The van der Waals surface area contributed by atoms with Gasteiger partial charge in [0.15, 0.2) is 0 Å². The van der Waals surface area contributed by atoms with Crippen LogP contribution in [0.5, 0.6) is 0 Å². The number of imidazole rings is 1. The molecule has 30 heavy (non-hydrogen) atoms. The highest BCUT2D eigenvalue weighted by molar-refractivity contribution is 5.91. The zero-order valence-corrected chi connectivity index (χ0v) is 17.7. The van der Waals surface area contributed by atoms with Crippen molar-refractivity contribution in [3.8, 4) is 0 Å². The third kappa shape index (κ3) is 5.55. The molecule has 6 heteroatoms. The summed E-state index contributed by atoms with van der Waals surface area (Å²) in [6.45, 7) is 7.55. The predicted octanol–water partition coefficient (Wildman–Crippen LogP) is 4.07. The molecular weight excluding hydrogens is 376 g/mol. The lowest BCUT2D eigenvalue weighted by Gasteiger charge is -2.24. The van der Waals surface area contributed by atoms with Crippen LogP contribution in [0.25, 0.3) is 17.1 Å². The highest BCUT2D eigenvalue weighted by Gasteiger charge is 2.16. The maximum Gasteiger partial charge on any atom is 0.267 e. The van der Waals surface area contributed by atoms with Crippen molar-refractivity contribution in [3.05, 3.63) is 72.1 Å². The Bertz CT molecular complexity index is 977. The molecule has 0 aliphatic rings. The highest BCUT2D eigenvalue weighted by atomic mass is 16.5. The number of nitrogens with zero attached hydrogens (tertiary/aromatic N) is 3. The van der Waals surface area contributed by atoms with Crippen LogP contribution in [0.4, 0.5) is 0 Å². The molecule has 1 unspecified atom stereocenters. The van der Waals surface area contributed by atoms with Crippen LogP contribution in [-0.2, 0) is 11.2 Å².